The van der Waals surface area contributed by atoms with E-state index in [0.717, 1.165) is 10.0 Å². The van der Waals surface area contributed by atoms with Crippen LogP contribution in [0.5, 0.6) is 11.5 Å². The third kappa shape index (κ3) is 4.65. The van der Waals surface area contributed by atoms with Crippen molar-refractivity contribution in [3.05, 3.63) is 58.1 Å². The second kappa shape index (κ2) is 8.54. The van der Waals surface area contributed by atoms with Crippen LogP contribution in [-0.4, -0.2) is 18.5 Å². The number of nitrogens with zero attached hydrogens (tertiary/aromatic N) is 1. The molecule has 0 aliphatic heterocycles. The van der Waals surface area contributed by atoms with Crippen molar-refractivity contribution in [2.75, 3.05) is 7.11 Å². The number of halogens is 2. The summed E-state index contributed by atoms with van der Waals surface area (Å²) in [6.45, 7) is 0.455. The summed E-state index contributed by atoms with van der Waals surface area (Å²) in [5.41, 5.74) is 1.78. The molecule has 112 valence electrons. The highest BCUT2D eigenvalue weighted by Gasteiger charge is 2.09. The Labute approximate surface area is 137 Å². The fourth-order valence-electron chi connectivity index (χ4n) is 1.72. The number of hydrogen-bond donors (Lipinski definition) is 1. The van der Waals surface area contributed by atoms with Crippen LogP contribution in [0.15, 0.2) is 52.1 Å². The van der Waals surface area contributed by atoms with E-state index in [9.17, 15) is 0 Å². The van der Waals surface area contributed by atoms with Crippen molar-refractivity contribution in [1.82, 2.24) is 0 Å². The lowest BCUT2D eigenvalue weighted by atomic mass is 10.2. The Kier molecular flexibility index (Phi) is 7.05. The lowest BCUT2D eigenvalue weighted by molar-refractivity contribution is 0.284. The molecule has 2 aromatic rings. The van der Waals surface area contributed by atoms with Crippen LogP contribution in [0.4, 0.5) is 0 Å². The van der Waals surface area contributed by atoms with E-state index >= 15 is 0 Å². The monoisotopic (exact) mass is 371 g/mol. The maximum atomic E-state index is 8.61. The molecule has 0 aliphatic carbocycles. The zero-order chi connectivity index (χ0) is 14.4. The first-order chi connectivity index (χ1) is 9.74. The Bertz CT molecular complexity index is 605. The van der Waals surface area contributed by atoms with Crippen LogP contribution in [0.1, 0.15) is 11.1 Å². The molecule has 0 bridgehead atoms. The Balaban J connectivity index is 0.00000220. The van der Waals surface area contributed by atoms with Gasteiger partial charge in [-0.15, -0.1) is 12.4 Å². The van der Waals surface area contributed by atoms with Gasteiger partial charge in [0.15, 0.2) is 11.5 Å². The van der Waals surface area contributed by atoms with Gasteiger partial charge in [0.05, 0.1) is 13.3 Å². The Morgan fingerprint density at radius 3 is 2.52 bits per heavy atom. The molecule has 0 heterocycles. The van der Waals surface area contributed by atoms with Crippen molar-refractivity contribution < 1.29 is 14.7 Å². The summed E-state index contributed by atoms with van der Waals surface area (Å²) in [7, 11) is 1.57. The Morgan fingerprint density at radius 2 is 1.90 bits per heavy atom. The van der Waals surface area contributed by atoms with E-state index in [2.05, 4.69) is 21.1 Å². The second-order valence-corrected chi connectivity index (χ2v) is 4.90. The summed E-state index contributed by atoms with van der Waals surface area (Å²) >= 11 is 3.40. The molecule has 0 aliphatic rings. The summed E-state index contributed by atoms with van der Waals surface area (Å²) in [5, 5.41) is 11.6. The normalized spacial score (nSPS) is 10.2. The van der Waals surface area contributed by atoms with Gasteiger partial charge < -0.3 is 14.7 Å². The highest BCUT2D eigenvalue weighted by Crippen LogP contribution is 2.33. The molecule has 0 saturated heterocycles. The molecule has 6 heteroatoms. The van der Waals surface area contributed by atoms with Gasteiger partial charge in [-0.05, 0) is 33.6 Å². The summed E-state index contributed by atoms with van der Waals surface area (Å²) in [6, 6.07) is 13.4. The minimum atomic E-state index is 0. The molecular formula is C15H15BrClNO3. The van der Waals surface area contributed by atoms with E-state index in [-0.39, 0.29) is 12.4 Å². The molecule has 0 radical (unpaired) electrons. The maximum Gasteiger partial charge on any atom is 0.162 e. The van der Waals surface area contributed by atoms with Crippen LogP contribution in [0.25, 0.3) is 0 Å². The number of methoxy groups -OCH3 is 1. The molecule has 4 nitrogen and oxygen atoms in total. The zero-order valence-electron chi connectivity index (χ0n) is 11.3. The molecule has 1 N–H and O–H groups in total. The molecule has 0 atom stereocenters. The standard InChI is InChI=1S/C15H14BrNO3.ClH/c1-19-14-7-12(9-17-18)13(16)8-15(14)20-10-11-5-3-2-4-6-11;/h2-9,18H,10H2,1H3;1H/b17-9-;. The first-order valence-corrected chi connectivity index (χ1v) is 6.75. The van der Waals surface area contributed by atoms with Crippen LogP contribution < -0.4 is 9.47 Å². The lowest BCUT2D eigenvalue weighted by Gasteiger charge is -2.12. The van der Waals surface area contributed by atoms with Gasteiger partial charge in [-0.2, -0.15) is 0 Å². The fraction of sp³-hybridized carbons (Fsp3) is 0.133. The molecule has 0 unspecified atom stereocenters. The molecule has 0 amide bonds. The van der Waals surface area contributed by atoms with E-state index in [0.29, 0.717) is 23.7 Å². The highest BCUT2D eigenvalue weighted by molar-refractivity contribution is 9.10. The SMILES string of the molecule is COc1cc(/C=N\O)c(Br)cc1OCc1ccccc1.Cl. The Hall–Kier alpha value is -1.72. The number of ether oxygens (including phenoxy) is 2. The zero-order valence-corrected chi connectivity index (χ0v) is 13.7. The Morgan fingerprint density at radius 1 is 1.19 bits per heavy atom. The van der Waals surface area contributed by atoms with Crippen LogP contribution in [-0.2, 0) is 6.61 Å². The summed E-state index contributed by atoms with van der Waals surface area (Å²) in [6.07, 6.45) is 1.33. The highest BCUT2D eigenvalue weighted by atomic mass is 79.9. The second-order valence-electron chi connectivity index (χ2n) is 4.04. The van der Waals surface area contributed by atoms with Gasteiger partial charge in [0.1, 0.15) is 6.61 Å². The van der Waals surface area contributed by atoms with Gasteiger partial charge in [0.25, 0.3) is 0 Å². The summed E-state index contributed by atoms with van der Waals surface area (Å²) < 4.78 is 11.8. The third-order valence-electron chi connectivity index (χ3n) is 2.72. The molecule has 0 aromatic heterocycles. The van der Waals surface area contributed by atoms with Crippen LogP contribution >= 0.6 is 28.3 Å². The van der Waals surface area contributed by atoms with Crippen LogP contribution in [0.2, 0.25) is 0 Å². The smallest absolute Gasteiger partial charge is 0.162 e. The van der Waals surface area contributed by atoms with E-state index in [1.54, 1.807) is 19.2 Å². The van der Waals surface area contributed by atoms with Gasteiger partial charge >= 0.3 is 0 Å². The van der Waals surface area contributed by atoms with Crippen molar-refractivity contribution in [3.63, 3.8) is 0 Å². The number of rotatable bonds is 5. The van der Waals surface area contributed by atoms with Crippen molar-refractivity contribution in [2.24, 2.45) is 5.16 Å². The van der Waals surface area contributed by atoms with E-state index < -0.39 is 0 Å². The van der Waals surface area contributed by atoms with Gasteiger partial charge in [-0.25, -0.2) is 0 Å². The van der Waals surface area contributed by atoms with Crippen LogP contribution in [0.3, 0.4) is 0 Å². The third-order valence-corrected chi connectivity index (χ3v) is 3.40. The van der Waals surface area contributed by atoms with Crippen molar-refractivity contribution >= 4 is 34.6 Å². The summed E-state index contributed by atoms with van der Waals surface area (Å²) in [5.74, 6) is 1.21. The number of oxime groups is 1. The lowest BCUT2D eigenvalue weighted by Crippen LogP contribution is -1.99. The maximum absolute atomic E-state index is 8.61. The first kappa shape index (κ1) is 17.3. The van der Waals surface area contributed by atoms with Crippen molar-refractivity contribution in [3.8, 4) is 11.5 Å². The average molecular weight is 373 g/mol. The van der Waals surface area contributed by atoms with E-state index in [1.807, 2.05) is 30.3 Å². The van der Waals surface area contributed by atoms with E-state index in [4.69, 9.17) is 14.7 Å². The number of benzene rings is 2. The molecule has 2 aromatic carbocycles. The van der Waals surface area contributed by atoms with Gasteiger partial charge in [-0.3, -0.25) is 0 Å². The van der Waals surface area contributed by atoms with E-state index in [1.165, 1.54) is 6.21 Å². The number of hydrogen-bond acceptors (Lipinski definition) is 4. The molecule has 0 fully saturated rings. The first-order valence-electron chi connectivity index (χ1n) is 5.96. The fourth-order valence-corrected chi connectivity index (χ4v) is 2.14. The van der Waals surface area contributed by atoms with Gasteiger partial charge in [0.2, 0.25) is 0 Å². The molecule has 21 heavy (non-hydrogen) atoms. The summed E-state index contributed by atoms with van der Waals surface area (Å²) in [4.78, 5) is 0. The predicted octanol–water partition coefficient (Wildman–Crippen LogP) is 4.27. The molecule has 0 saturated carbocycles. The predicted molar refractivity (Wildman–Crippen MR) is 88.1 cm³/mol. The average Bonchev–Trinajstić information content (AvgIpc) is 2.48. The molecular weight excluding hydrogens is 358 g/mol. The van der Waals surface area contributed by atoms with Gasteiger partial charge in [-0.1, -0.05) is 35.5 Å². The largest absolute Gasteiger partial charge is 0.493 e. The van der Waals surface area contributed by atoms with Crippen LogP contribution in [0, 0.1) is 0 Å². The van der Waals surface area contributed by atoms with Crippen molar-refractivity contribution in [2.45, 2.75) is 6.61 Å². The minimum absolute atomic E-state index is 0. The molecule has 0 spiro atoms. The topological polar surface area (TPSA) is 51.0 Å². The molecule has 2 rings (SSSR count). The minimum Gasteiger partial charge on any atom is -0.493 e. The van der Waals surface area contributed by atoms with Gasteiger partial charge in [0, 0.05) is 10.0 Å². The van der Waals surface area contributed by atoms with Crippen molar-refractivity contribution in [1.29, 1.82) is 0 Å². The quantitative estimate of drug-likeness (QED) is 0.484.